The molecule has 0 radical (unpaired) electrons. The van der Waals surface area contributed by atoms with Gasteiger partial charge in [0, 0.05) is 44.0 Å². The van der Waals surface area contributed by atoms with E-state index in [0.29, 0.717) is 18.5 Å². The highest BCUT2D eigenvalue weighted by Crippen LogP contribution is 2.39. The van der Waals surface area contributed by atoms with Gasteiger partial charge in [-0.25, -0.2) is 4.98 Å². The minimum Gasteiger partial charge on any atom is -0.352 e. The Kier molecular flexibility index (Phi) is 4.57. The molecule has 1 N–H and O–H groups in total. The summed E-state index contributed by atoms with van der Waals surface area (Å²) >= 11 is 0. The zero-order valence-electron chi connectivity index (χ0n) is 14.8. The number of aromatic nitrogens is 2. The molecule has 1 amide bonds. The van der Waals surface area contributed by atoms with E-state index in [0.717, 1.165) is 38.1 Å². The first kappa shape index (κ1) is 16.3. The molecule has 132 valence electrons. The van der Waals surface area contributed by atoms with Crippen molar-refractivity contribution in [2.45, 2.75) is 56.8 Å². The Morgan fingerprint density at radius 2 is 2.08 bits per heavy atom. The van der Waals surface area contributed by atoms with Crippen LogP contribution in [0.25, 0.3) is 0 Å². The summed E-state index contributed by atoms with van der Waals surface area (Å²) in [5.41, 5.74) is 1.33. The highest BCUT2D eigenvalue weighted by atomic mass is 16.1. The van der Waals surface area contributed by atoms with E-state index in [2.05, 4.69) is 50.1 Å². The van der Waals surface area contributed by atoms with Gasteiger partial charge < -0.3 is 9.88 Å². The molecule has 2 aromatic rings. The highest BCUT2D eigenvalue weighted by molar-refractivity contribution is 5.76. The highest BCUT2D eigenvalue weighted by Gasteiger charge is 2.42. The van der Waals surface area contributed by atoms with E-state index in [1.807, 2.05) is 19.4 Å². The maximum absolute atomic E-state index is 12.2. The topological polar surface area (TPSA) is 50.2 Å². The number of likely N-dealkylation sites (tertiary alicyclic amines) is 1. The predicted molar refractivity (Wildman–Crippen MR) is 96.7 cm³/mol. The summed E-state index contributed by atoms with van der Waals surface area (Å²) in [6, 6.07) is 11.6. The second-order valence-electron chi connectivity index (χ2n) is 7.28. The van der Waals surface area contributed by atoms with Crippen molar-refractivity contribution in [1.29, 1.82) is 0 Å². The van der Waals surface area contributed by atoms with Gasteiger partial charge in [-0.3, -0.25) is 9.69 Å². The summed E-state index contributed by atoms with van der Waals surface area (Å²) in [5.74, 6) is 1.29. The Hall–Kier alpha value is -2.14. The zero-order chi connectivity index (χ0) is 17.2. The number of hydrogen-bond acceptors (Lipinski definition) is 3. The predicted octanol–water partition coefficient (Wildman–Crippen LogP) is 2.79. The number of benzene rings is 1. The van der Waals surface area contributed by atoms with Crippen LogP contribution in [0, 0.1) is 0 Å². The Labute approximate surface area is 149 Å². The van der Waals surface area contributed by atoms with Crippen LogP contribution in [0.1, 0.15) is 49.5 Å². The van der Waals surface area contributed by atoms with E-state index in [-0.39, 0.29) is 11.9 Å². The molecule has 2 aliphatic rings. The number of hydrogen-bond donors (Lipinski definition) is 1. The summed E-state index contributed by atoms with van der Waals surface area (Å²) in [6.45, 7) is 0.820. The summed E-state index contributed by atoms with van der Waals surface area (Å²) in [7, 11) is 2.05. The minimum absolute atomic E-state index is 0.209. The fourth-order valence-corrected chi connectivity index (χ4v) is 4.38. The van der Waals surface area contributed by atoms with Crippen LogP contribution in [0.15, 0.2) is 42.7 Å². The van der Waals surface area contributed by atoms with Gasteiger partial charge in [-0.2, -0.15) is 0 Å². The van der Waals surface area contributed by atoms with Crippen molar-refractivity contribution in [2.24, 2.45) is 7.05 Å². The Morgan fingerprint density at radius 1 is 1.24 bits per heavy atom. The average molecular weight is 338 g/mol. The lowest BCUT2D eigenvalue weighted by Gasteiger charge is -2.32. The first-order valence-corrected chi connectivity index (χ1v) is 9.28. The molecule has 1 aromatic carbocycles. The SMILES string of the molecule is Cn1ccnc1CN1[C@H](c2ccccc2)C[C@H]2NC(=O)CCCC[C@@H]21. The van der Waals surface area contributed by atoms with E-state index in [1.54, 1.807) is 0 Å². The van der Waals surface area contributed by atoms with Crippen LogP contribution in [0.2, 0.25) is 0 Å². The standard InChI is InChI=1S/C20H26N4O/c1-23-12-11-21-19(23)14-24-17-9-5-6-10-20(25)22-16(17)13-18(24)15-7-3-2-4-8-15/h2-4,7-8,11-12,16-18H,5-6,9-10,13-14H2,1H3,(H,22,25)/t16-,17+,18+/m1/s1. The Bertz CT molecular complexity index is 726. The molecular weight excluding hydrogens is 312 g/mol. The quantitative estimate of drug-likeness (QED) is 0.936. The van der Waals surface area contributed by atoms with Gasteiger partial charge in [-0.15, -0.1) is 0 Å². The van der Waals surface area contributed by atoms with E-state index in [1.165, 1.54) is 5.56 Å². The van der Waals surface area contributed by atoms with Gasteiger partial charge in [0.2, 0.25) is 5.91 Å². The molecule has 1 aromatic heterocycles. The minimum atomic E-state index is 0.209. The van der Waals surface area contributed by atoms with Crippen LogP contribution >= 0.6 is 0 Å². The van der Waals surface area contributed by atoms with Gasteiger partial charge in [-0.1, -0.05) is 36.8 Å². The summed E-state index contributed by atoms with van der Waals surface area (Å²) in [5, 5.41) is 3.30. The molecule has 0 aliphatic carbocycles. The third kappa shape index (κ3) is 3.33. The second-order valence-corrected chi connectivity index (χ2v) is 7.28. The van der Waals surface area contributed by atoms with E-state index < -0.39 is 0 Å². The molecule has 2 saturated heterocycles. The van der Waals surface area contributed by atoms with E-state index in [4.69, 9.17) is 0 Å². The number of nitrogens with one attached hydrogen (secondary N) is 1. The van der Waals surface area contributed by atoms with Crippen molar-refractivity contribution in [3.05, 3.63) is 54.1 Å². The maximum Gasteiger partial charge on any atom is 0.220 e. The molecule has 2 aliphatic heterocycles. The molecule has 25 heavy (non-hydrogen) atoms. The number of fused-ring (bicyclic) bond motifs is 1. The van der Waals surface area contributed by atoms with Crippen LogP contribution in [0.4, 0.5) is 0 Å². The monoisotopic (exact) mass is 338 g/mol. The molecule has 5 heteroatoms. The van der Waals surface area contributed by atoms with Crippen LogP contribution < -0.4 is 5.32 Å². The summed E-state index contributed by atoms with van der Waals surface area (Å²) in [4.78, 5) is 19.3. The molecule has 0 spiro atoms. The molecule has 3 heterocycles. The van der Waals surface area contributed by atoms with Gasteiger partial charge in [0.25, 0.3) is 0 Å². The lowest BCUT2D eigenvalue weighted by Crippen LogP contribution is -2.46. The molecule has 4 rings (SSSR count). The van der Waals surface area contributed by atoms with E-state index in [9.17, 15) is 4.79 Å². The van der Waals surface area contributed by atoms with Gasteiger partial charge >= 0.3 is 0 Å². The second kappa shape index (κ2) is 7.00. The van der Waals surface area contributed by atoms with Gasteiger partial charge in [0.05, 0.1) is 6.54 Å². The van der Waals surface area contributed by atoms with Crippen LogP contribution in [-0.2, 0) is 18.4 Å². The number of nitrogens with zero attached hydrogens (tertiary/aromatic N) is 3. The third-order valence-electron chi connectivity index (χ3n) is 5.70. The maximum atomic E-state index is 12.2. The van der Waals surface area contributed by atoms with E-state index >= 15 is 0 Å². The normalized spacial score (nSPS) is 27.4. The fourth-order valence-electron chi connectivity index (χ4n) is 4.38. The molecule has 0 unspecified atom stereocenters. The molecule has 0 bridgehead atoms. The number of amides is 1. The Balaban J connectivity index is 1.66. The first-order valence-electron chi connectivity index (χ1n) is 9.28. The lowest BCUT2D eigenvalue weighted by atomic mass is 9.97. The van der Waals surface area contributed by atoms with Gasteiger partial charge in [0.1, 0.15) is 5.82 Å². The molecule has 0 saturated carbocycles. The van der Waals surface area contributed by atoms with Crippen molar-refractivity contribution in [3.63, 3.8) is 0 Å². The largest absolute Gasteiger partial charge is 0.352 e. The van der Waals surface area contributed by atoms with Crippen molar-refractivity contribution in [2.75, 3.05) is 0 Å². The number of rotatable bonds is 3. The summed E-state index contributed by atoms with van der Waals surface area (Å²) < 4.78 is 2.09. The smallest absolute Gasteiger partial charge is 0.220 e. The number of carbonyl (C=O) groups is 1. The van der Waals surface area contributed by atoms with Crippen LogP contribution in [-0.4, -0.2) is 32.4 Å². The van der Waals surface area contributed by atoms with Crippen molar-refractivity contribution < 1.29 is 4.79 Å². The molecule has 2 fully saturated rings. The van der Waals surface area contributed by atoms with Crippen molar-refractivity contribution in [1.82, 2.24) is 19.8 Å². The Morgan fingerprint density at radius 3 is 2.84 bits per heavy atom. The van der Waals surface area contributed by atoms with Crippen molar-refractivity contribution in [3.8, 4) is 0 Å². The number of carbonyl (C=O) groups excluding carboxylic acids is 1. The van der Waals surface area contributed by atoms with Crippen molar-refractivity contribution >= 4 is 5.91 Å². The molecular formula is C20H26N4O. The van der Waals surface area contributed by atoms with Crippen LogP contribution in [0.3, 0.4) is 0 Å². The number of imidazole rings is 1. The van der Waals surface area contributed by atoms with Gasteiger partial charge in [0.15, 0.2) is 0 Å². The fraction of sp³-hybridized carbons (Fsp3) is 0.500. The summed E-state index contributed by atoms with van der Waals surface area (Å²) in [6.07, 6.45) is 8.75. The van der Waals surface area contributed by atoms with Crippen LogP contribution in [0.5, 0.6) is 0 Å². The van der Waals surface area contributed by atoms with Gasteiger partial charge in [-0.05, 0) is 24.8 Å². The zero-order valence-corrected chi connectivity index (χ0v) is 14.8. The molecule has 3 atom stereocenters. The third-order valence-corrected chi connectivity index (χ3v) is 5.70. The first-order chi connectivity index (χ1) is 12.2. The average Bonchev–Trinajstić information content (AvgIpc) is 3.15. The lowest BCUT2D eigenvalue weighted by molar-refractivity contribution is -0.122. The number of aryl methyl sites for hydroxylation is 1. The molecule has 5 nitrogen and oxygen atoms in total.